The van der Waals surface area contributed by atoms with Gasteiger partial charge in [0, 0.05) is 18.0 Å². The van der Waals surface area contributed by atoms with Crippen LogP contribution in [0.25, 0.3) is 22.2 Å². The first-order valence-electron chi connectivity index (χ1n) is 7.90. The zero-order valence-electron chi connectivity index (χ0n) is 13.6. The Kier molecular flexibility index (Phi) is 4.11. The van der Waals surface area contributed by atoms with Crippen LogP contribution in [-0.2, 0) is 7.05 Å². The average Bonchev–Trinajstić information content (AvgIpc) is 3.24. The number of aromatic nitrogens is 4. The zero-order chi connectivity index (χ0) is 17.2. The maximum atomic E-state index is 13.0. The van der Waals surface area contributed by atoms with E-state index in [-0.39, 0.29) is 5.78 Å². The summed E-state index contributed by atoms with van der Waals surface area (Å²) >= 11 is 1.40. The SMILES string of the molecule is Cn1cnnc1SCC(=O)c1c(-c2ccccc2)[nH]c2ccccc12. The number of aromatic amines is 1. The van der Waals surface area contributed by atoms with E-state index < -0.39 is 0 Å². The summed E-state index contributed by atoms with van der Waals surface area (Å²) in [7, 11) is 1.87. The molecule has 0 fully saturated rings. The van der Waals surface area contributed by atoms with E-state index in [9.17, 15) is 4.79 Å². The Morgan fingerprint density at radius 1 is 1.12 bits per heavy atom. The minimum Gasteiger partial charge on any atom is -0.354 e. The van der Waals surface area contributed by atoms with Gasteiger partial charge in [-0.1, -0.05) is 60.3 Å². The third-order valence-corrected chi connectivity index (χ3v) is 5.08. The van der Waals surface area contributed by atoms with Crippen molar-refractivity contribution in [3.05, 3.63) is 66.5 Å². The summed E-state index contributed by atoms with van der Waals surface area (Å²) in [4.78, 5) is 16.4. The van der Waals surface area contributed by atoms with Gasteiger partial charge in [-0.05, 0) is 11.6 Å². The summed E-state index contributed by atoms with van der Waals surface area (Å²) < 4.78 is 1.81. The lowest BCUT2D eigenvalue weighted by Crippen LogP contribution is -2.05. The van der Waals surface area contributed by atoms with E-state index in [2.05, 4.69) is 15.2 Å². The fraction of sp³-hybridized carbons (Fsp3) is 0.105. The lowest BCUT2D eigenvalue weighted by Gasteiger charge is -2.05. The molecule has 0 saturated carbocycles. The number of carbonyl (C=O) groups is 1. The highest BCUT2D eigenvalue weighted by Crippen LogP contribution is 2.31. The number of Topliss-reactive ketones (excluding diaryl/α,β-unsaturated/α-hetero) is 1. The van der Waals surface area contributed by atoms with Crippen molar-refractivity contribution in [1.29, 1.82) is 0 Å². The molecule has 0 radical (unpaired) electrons. The maximum absolute atomic E-state index is 13.0. The maximum Gasteiger partial charge on any atom is 0.191 e. The van der Waals surface area contributed by atoms with Crippen LogP contribution in [0.3, 0.4) is 0 Å². The van der Waals surface area contributed by atoms with Crippen molar-refractivity contribution in [3.8, 4) is 11.3 Å². The Bertz CT molecular complexity index is 1040. The molecule has 0 spiro atoms. The Hall–Kier alpha value is -2.86. The van der Waals surface area contributed by atoms with Crippen LogP contribution in [0.4, 0.5) is 0 Å². The molecule has 4 rings (SSSR count). The predicted octanol–water partition coefficient (Wildman–Crippen LogP) is 3.94. The molecule has 6 heteroatoms. The second-order valence-corrected chi connectivity index (χ2v) is 6.67. The zero-order valence-corrected chi connectivity index (χ0v) is 14.5. The first-order valence-corrected chi connectivity index (χ1v) is 8.88. The van der Waals surface area contributed by atoms with Crippen LogP contribution in [0.5, 0.6) is 0 Å². The van der Waals surface area contributed by atoms with Gasteiger partial charge < -0.3 is 9.55 Å². The number of nitrogens with zero attached hydrogens (tertiary/aromatic N) is 3. The van der Waals surface area contributed by atoms with E-state index >= 15 is 0 Å². The minimum atomic E-state index is 0.0734. The molecule has 0 unspecified atom stereocenters. The van der Waals surface area contributed by atoms with Crippen molar-refractivity contribution >= 4 is 28.4 Å². The first-order chi connectivity index (χ1) is 12.2. The second-order valence-electron chi connectivity index (χ2n) is 5.72. The molecule has 0 amide bonds. The third kappa shape index (κ3) is 2.96. The van der Waals surface area contributed by atoms with E-state index in [1.165, 1.54) is 11.8 Å². The van der Waals surface area contributed by atoms with Gasteiger partial charge in [0.15, 0.2) is 10.9 Å². The second kappa shape index (κ2) is 6.57. The molecule has 2 aromatic carbocycles. The Balaban J connectivity index is 1.74. The molecular formula is C19H16N4OS. The van der Waals surface area contributed by atoms with E-state index in [0.717, 1.165) is 32.9 Å². The van der Waals surface area contributed by atoms with Gasteiger partial charge >= 0.3 is 0 Å². The summed E-state index contributed by atoms with van der Waals surface area (Å²) in [5.74, 6) is 0.387. The predicted molar refractivity (Wildman–Crippen MR) is 99.8 cm³/mol. The van der Waals surface area contributed by atoms with Crippen LogP contribution in [0, 0.1) is 0 Å². The number of aryl methyl sites for hydroxylation is 1. The lowest BCUT2D eigenvalue weighted by molar-refractivity contribution is 0.102. The summed E-state index contributed by atoms with van der Waals surface area (Å²) in [6.07, 6.45) is 1.63. The number of benzene rings is 2. The van der Waals surface area contributed by atoms with Gasteiger partial charge in [0.2, 0.25) is 0 Å². The van der Waals surface area contributed by atoms with Crippen LogP contribution in [-0.4, -0.2) is 31.3 Å². The molecule has 0 aliphatic rings. The highest BCUT2D eigenvalue weighted by molar-refractivity contribution is 7.99. The number of carbonyl (C=O) groups excluding carboxylic acids is 1. The highest BCUT2D eigenvalue weighted by atomic mass is 32.2. The van der Waals surface area contributed by atoms with E-state index in [1.54, 1.807) is 6.33 Å². The van der Waals surface area contributed by atoms with Gasteiger partial charge in [0.05, 0.1) is 17.0 Å². The lowest BCUT2D eigenvalue weighted by atomic mass is 10.0. The molecule has 25 heavy (non-hydrogen) atoms. The number of para-hydroxylation sites is 1. The highest BCUT2D eigenvalue weighted by Gasteiger charge is 2.20. The van der Waals surface area contributed by atoms with Crippen molar-refractivity contribution in [2.45, 2.75) is 5.16 Å². The van der Waals surface area contributed by atoms with Crippen molar-refractivity contribution in [2.24, 2.45) is 7.05 Å². The summed E-state index contributed by atoms with van der Waals surface area (Å²) in [5.41, 5.74) is 3.57. The molecule has 4 aromatic rings. The standard InChI is InChI=1S/C19H16N4OS/c1-23-12-20-22-19(23)25-11-16(24)17-14-9-5-6-10-15(14)21-18(17)13-7-3-2-4-8-13/h2-10,12,21H,11H2,1H3. The van der Waals surface area contributed by atoms with Crippen LogP contribution in [0.2, 0.25) is 0 Å². The van der Waals surface area contributed by atoms with Crippen LogP contribution >= 0.6 is 11.8 Å². The summed E-state index contributed by atoms with van der Waals surface area (Å²) in [5, 5.41) is 9.56. The normalized spacial score (nSPS) is 11.1. The number of thioether (sulfide) groups is 1. The van der Waals surface area contributed by atoms with Crippen molar-refractivity contribution in [1.82, 2.24) is 19.7 Å². The van der Waals surface area contributed by atoms with E-state index in [0.29, 0.717) is 5.75 Å². The molecule has 0 bridgehead atoms. The molecule has 124 valence electrons. The van der Waals surface area contributed by atoms with Crippen LogP contribution < -0.4 is 0 Å². The number of H-pyrrole nitrogens is 1. The fourth-order valence-electron chi connectivity index (χ4n) is 2.86. The molecule has 1 N–H and O–H groups in total. The smallest absolute Gasteiger partial charge is 0.191 e. The fourth-order valence-corrected chi connectivity index (χ4v) is 3.62. The summed E-state index contributed by atoms with van der Waals surface area (Å²) in [6.45, 7) is 0. The number of hydrogen-bond acceptors (Lipinski definition) is 4. The molecular weight excluding hydrogens is 332 g/mol. The van der Waals surface area contributed by atoms with Crippen molar-refractivity contribution in [2.75, 3.05) is 5.75 Å². The molecule has 2 aromatic heterocycles. The third-order valence-electron chi connectivity index (χ3n) is 4.05. The molecule has 0 aliphatic carbocycles. The summed E-state index contributed by atoms with van der Waals surface area (Å²) in [6, 6.07) is 17.8. The molecule has 2 heterocycles. The monoisotopic (exact) mass is 348 g/mol. The molecule has 5 nitrogen and oxygen atoms in total. The van der Waals surface area contributed by atoms with Gasteiger partial charge in [-0.25, -0.2) is 0 Å². The quantitative estimate of drug-likeness (QED) is 0.438. The van der Waals surface area contributed by atoms with Crippen molar-refractivity contribution in [3.63, 3.8) is 0 Å². The number of nitrogens with one attached hydrogen (secondary N) is 1. The molecule has 0 aliphatic heterocycles. The van der Waals surface area contributed by atoms with E-state index in [4.69, 9.17) is 0 Å². The van der Waals surface area contributed by atoms with Crippen molar-refractivity contribution < 1.29 is 4.79 Å². The number of ketones is 1. The van der Waals surface area contributed by atoms with Gasteiger partial charge in [-0.15, -0.1) is 10.2 Å². The van der Waals surface area contributed by atoms with Gasteiger partial charge in [-0.3, -0.25) is 4.79 Å². The van der Waals surface area contributed by atoms with Crippen LogP contribution in [0.1, 0.15) is 10.4 Å². The largest absolute Gasteiger partial charge is 0.354 e. The van der Waals surface area contributed by atoms with E-state index in [1.807, 2.05) is 66.2 Å². The topological polar surface area (TPSA) is 63.6 Å². The average molecular weight is 348 g/mol. The van der Waals surface area contributed by atoms with Gasteiger partial charge in [0.25, 0.3) is 0 Å². The first kappa shape index (κ1) is 15.7. The Morgan fingerprint density at radius 3 is 2.64 bits per heavy atom. The number of hydrogen-bond donors (Lipinski definition) is 1. The van der Waals surface area contributed by atoms with Crippen LogP contribution in [0.15, 0.2) is 66.1 Å². The Morgan fingerprint density at radius 2 is 1.88 bits per heavy atom. The van der Waals surface area contributed by atoms with Gasteiger partial charge in [0.1, 0.15) is 6.33 Å². The molecule has 0 atom stereocenters. The number of rotatable bonds is 5. The Labute approximate surface area is 149 Å². The number of fused-ring (bicyclic) bond motifs is 1. The van der Waals surface area contributed by atoms with Gasteiger partial charge in [-0.2, -0.15) is 0 Å². The minimum absolute atomic E-state index is 0.0734. The molecule has 0 saturated heterocycles.